The molecular weight excluding hydrogens is 610 g/mol. The number of alkyl halides is 3. The molecule has 218 valence electrons. The standard InChI is InChI=1S/C25H23Cl3F3N7O3/c1-4-18-20(28)21(33-32-18)23(40)34-37-38(3)35-22(39)17-6-5-13(7-12(17)2)19-11-24(41-36-19,25(29,30)31)14-8-15(26)10-16(27)9-14/h5-10,37H,4,11H2,1-3H3,(H,32,33)(H,34,40)(H,35,39). The van der Waals surface area contributed by atoms with Crippen LogP contribution in [0, 0.1) is 6.92 Å². The number of halogens is 6. The lowest BCUT2D eigenvalue weighted by molar-refractivity contribution is -0.275. The number of aromatic amines is 1. The highest BCUT2D eigenvalue weighted by Gasteiger charge is 2.62. The van der Waals surface area contributed by atoms with Gasteiger partial charge in [0.15, 0.2) is 5.69 Å². The van der Waals surface area contributed by atoms with Gasteiger partial charge < -0.3 is 4.84 Å². The molecule has 0 spiro atoms. The van der Waals surface area contributed by atoms with E-state index in [1.165, 1.54) is 31.3 Å². The molecule has 4 rings (SSSR count). The Morgan fingerprint density at radius 2 is 1.80 bits per heavy atom. The van der Waals surface area contributed by atoms with Crippen molar-refractivity contribution in [1.29, 1.82) is 0 Å². The van der Waals surface area contributed by atoms with Crippen molar-refractivity contribution in [3.63, 3.8) is 0 Å². The molecule has 0 aliphatic carbocycles. The second kappa shape index (κ2) is 11.9. The van der Waals surface area contributed by atoms with Crippen LogP contribution in [0.1, 0.15) is 56.6 Å². The summed E-state index contributed by atoms with van der Waals surface area (Å²) < 4.78 is 42.9. The largest absolute Gasteiger partial charge is 0.435 e. The molecule has 10 nitrogen and oxygen atoms in total. The SMILES string of the molecule is CCc1[nH]nc(C(=O)NNN(C)NC(=O)c2ccc(C3=NOC(c4cc(Cl)cc(Cl)c4)(C(F)(F)F)C3)cc2C)c1Cl. The number of carbonyl (C=O) groups is 2. The van der Waals surface area contributed by atoms with Gasteiger partial charge >= 0.3 is 6.18 Å². The van der Waals surface area contributed by atoms with Crippen LogP contribution in [0.25, 0.3) is 0 Å². The number of hydrazine groups is 3. The zero-order chi connectivity index (χ0) is 30.1. The summed E-state index contributed by atoms with van der Waals surface area (Å²) in [7, 11) is 1.43. The summed E-state index contributed by atoms with van der Waals surface area (Å²) in [6, 6.07) is 8.01. The summed E-state index contributed by atoms with van der Waals surface area (Å²) in [6.07, 6.45) is -4.92. The van der Waals surface area contributed by atoms with Gasteiger partial charge in [-0.15, -0.1) is 10.7 Å². The molecule has 41 heavy (non-hydrogen) atoms. The van der Waals surface area contributed by atoms with E-state index in [2.05, 4.69) is 31.7 Å². The predicted molar refractivity (Wildman–Crippen MR) is 146 cm³/mol. The third-order valence-corrected chi connectivity index (χ3v) is 7.11. The average Bonchev–Trinajstić information content (AvgIpc) is 3.51. The van der Waals surface area contributed by atoms with Gasteiger partial charge in [0.25, 0.3) is 17.4 Å². The number of hydrogen-bond acceptors (Lipinski definition) is 7. The quantitative estimate of drug-likeness (QED) is 0.252. The fraction of sp³-hybridized carbons (Fsp3) is 0.280. The van der Waals surface area contributed by atoms with Gasteiger partial charge in [0.1, 0.15) is 0 Å². The first-order chi connectivity index (χ1) is 19.3. The summed E-state index contributed by atoms with van der Waals surface area (Å²) in [6.45, 7) is 3.46. The minimum absolute atomic E-state index is 0.0195. The summed E-state index contributed by atoms with van der Waals surface area (Å²) in [5, 5.41) is 11.6. The molecule has 0 fully saturated rings. The lowest BCUT2D eigenvalue weighted by Gasteiger charge is -2.29. The summed E-state index contributed by atoms with van der Waals surface area (Å²) in [4.78, 5) is 30.2. The van der Waals surface area contributed by atoms with E-state index in [-0.39, 0.29) is 37.6 Å². The first kappa shape index (κ1) is 30.6. The Morgan fingerprint density at radius 1 is 1.12 bits per heavy atom. The Morgan fingerprint density at radius 3 is 2.39 bits per heavy atom. The number of oxime groups is 1. The number of amides is 2. The molecule has 16 heteroatoms. The van der Waals surface area contributed by atoms with Gasteiger partial charge in [-0.25, -0.2) is 0 Å². The van der Waals surface area contributed by atoms with E-state index in [4.69, 9.17) is 39.6 Å². The van der Waals surface area contributed by atoms with E-state index >= 15 is 0 Å². The van der Waals surface area contributed by atoms with Gasteiger partial charge in [0, 0.05) is 34.6 Å². The Bertz CT molecular complexity index is 1510. The molecule has 0 bridgehead atoms. The van der Waals surface area contributed by atoms with E-state index in [9.17, 15) is 22.8 Å². The summed E-state index contributed by atoms with van der Waals surface area (Å²) >= 11 is 18.0. The molecule has 0 radical (unpaired) electrons. The van der Waals surface area contributed by atoms with Crippen LogP contribution in [-0.2, 0) is 16.9 Å². The second-order valence-corrected chi connectivity index (χ2v) is 10.4. The third-order valence-electron chi connectivity index (χ3n) is 6.27. The number of rotatable bonds is 8. The van der Waals surface area contributed by atoms with E-state index in [1.54, 1.807) is 6.92 Å². The fourth-order valence-corrected chi connectivity index (χ4v) is 4.96. The highest BCUT2D eigenvalue weighted by molar-refractivity contribution is 6.35. The normalized spacial score (nSPS) is 16.9. The zero-order valence-electron chi connectivity index (χ0n) is 21.7. The van der Waals surface area contributed by atoms with E-state index in [1.807, 2.05) is 6.92 Å². The fourth-order valence-electron chi connectivity index (χ4n) is 4.13. The smallest absolute Gasteiger partial charge is 0.374 e. The van der Waals surface area contributed by atoms with Crippen molar-refractivity contribution >= 4 is 52.3 Å². The van der Waals surface area contributed by atoms with Crippen molar-refractivity contribution in [1.82, 2.24) is 31.7 Å². The molecule has 2 amide bonds. The van der Waals surface area contributed by atoms with Crippen LogP contribution in [0.3, 0.4) is 0 Å². The maximum atomic E-state index is 14.3. The Labute approximate surface area is 247 Å². The van der Waals surface area contributed by atoms with E-state index < -0.39 is 30.0 Å². The van der Waals surface area contributed by atoms with Gasteiger partial charge in [-0.05, 0) is 54.8 Å². The number of benzene rings is 2. The molecule has 1 atom stereocenters. The van der Waals surface area contributed by atoms with Crippen molar-refractivity contribution in [2.45, 2.75) is 38.5 Å². The number of H-pyrrole nitrogens is 1. The maximum absolute atomic E-state index is 14.3. The number of nitrogens with zero attached hydrogens (tertiary/aromatic N) is 3. The molecule has 1 aliphatic rings. The highest BCUT2D eigenvalue weighted by Crippen LogP contribution is 2.49. The Hall–Kier alpha value is -3.36. The average molecular weight is 633 g/mol. The van der Waals surface area contributed by atoms with Crippen molar-refractivity contribution in [3.8, 4) is 0 Å². The first-order valence-electron chi connectivity index (χ1n) is 12.0. The van der Waals surface area contributed by atoms with Crippen LogP contribution in [0.5, 0.6) is 0 Å². The van der Waals surface area contributed by atoms with Crippen LogP contribution in [0.2, 0.25) is 15.1 Å². The predicted octanol–water partition coefficient (Wildman–Crippen LogP) is 5.25. The summed E-state index contributed by atoms with van der Waals surface area (Å²) in [5.74, 6) is -1.20. The molecule has 0 saturated carbocycles. The molecule has 1 aromatic heterocycles. The monoisotopic (exact) mass is 631 g/mol. The van der Waals surface area contributed by atoms with Crippen LogP contribution in [0.4, 0.5) is 13.2 Å². The Kier molecular flexibility index (Phi) is 8.85. The topological polar surface area (TPSA) is 124 Å². The van der Waals surface area contributed by atoms with Gasteiger partial charge in [0.05, 0.1) is 16.4 Å². The van der Waals surface area contributed by atoms with E-state index in [0.29, 0.717) is 23.2 Å². The Balaban J connectivity index is 1.43. The first-order valence-corrected chi connectivity index (χ1v) is 13.1. The van der Waals surface area contributed by atoms with Gasteiger partial charge in [-0.2, -0.15) is 18.3 Å². The van der Waals surface area contributed by atoms with Crippen molar-refractivity contribution in [3.05, 3.63) is 85.1 Å². The number of carbonyl (C=O) groups excluding carboxylic acids is 2. The molecule has 3 aromatic rings. The second-order valence-electron chi connectivity index (χ2n) is 9.10. The van der Waals surface area contributed by atoms with Crippen molar-refractivity contribution in [2.24, 2.45) is 5.16 Å². The molecule has 0 saturated heterocycles. The van der Waals surface area contributed by atoms with Gasteiger partial charge in [-0.1, -0.05) is 52.9 Å². The van der Waals surface area contributed by atoms with Crippen molar-refractivity contribution < 1.29 is 27.6 Å². The van der Waals surface area contributed by atoms with Gasteiger partial charge in [0.2, 0.25) is 0 Å². The van der Waals surface area contributed by atoms with Crippen LogP contribution in [-0.4, -0.2) is 46.1 Å². The zero-order valence-corrected chi connectivity index (χ0v) is 24.0. The lowest BCUT2D eigenvalue weighted by atomic mass is 9.86. The van der Waals surface area contributed by atoms with Crippen LogP contribution in [0.15, 0.2) is 41.6 Å². The lowest BCUT2D eigenvalue weighted by Crippen LogP contribution is -2.55. The molecule has 1 aliphatic heterocycles. The number of aromatic nitrogens is 2. The minimum atomic E-state index is -4.84. The number of hydrogen-bond donors (Lipinski definition) is 4. The van der Waals surface area contributed by atoms with Crippen LogP contribution < -0.4 is 16.4 Å². The molecule has 4 N–H and O–H groups in total. The number of nitrogens with one attached hydrogen (secondary N) is 4. The third kappa shape index (κ3) is 6.28. The van der Waals surface area contributed by atoms with Crippen LogP contribution >= 0.6 is 34.8 Å². The van der Waals surface area contributed by atoms with Gasteiger partial charge in [-0.3, -0.25) is 25.5 Å². The highest BCUT2D eigenvalue weighted by atomic mass is 35.5. The van der Waals surface area contributed by atoms with Crippen molar-refractivity contribution in [2.75, 3.05) is 7.05 Å². The maximum Gasteiger partial charge on any atom is 0.435 e. The number of aryl methyl sites for hydroxylation is 2. The molecule has 1 unspecified atom stereocenters. The molecule has 2 aromatic carbocycles. The summed E-state index contributed by atoms with van der Waals surface area (Å²) in [5.41, 5.74) is 5.90. The minimum Gasteiger partial charge on any atom is -0.374 e. The molecule has 2 heterocycles. The molecular formula is C25H23Cl3F3N7O3. The van der Waals surface area contributed by atoms with E-state index in [0.717, 1.165) is 17.3 Å².